The van der Waals surface area contributed by atoms with E-state index in [0.29, 0.717) is 0 Å². The maximum Gasteiger partial charge on any atom is 0.174 e. The van der Waals surface area contributed by atoms with E-state index in [1.807, 2.05) is 24.4 Å². The van der Waals surface area contributed by atoms with Crippen LogP contribution in [0.3, 0.4) is 0 Å². The van der Waals surface area contributed by atoms with Crippen LogP contribution in [0, 0.1) is 27.7 Å². The van der Waals surface area contributed by atoms with Gasteiger partial charge in [0.15, 0.2) is 5.11 Å². The highest BCUT2D eigenvalue weighted by atomic mass is 32.1. The fourth-order valence-electron chi connectivity index (χ4n) is 4.97. The van der Waals surface area contributed by atoms with Gasteiger partial charge in [-0.2, -0.15) is 0 Å². The summed E-state index contributed by atoms with van der Waals surface area (Å²) in [4.78, 5) is 6.93. The quantitative estimate of drug-likeness (QED) is 0.369. The number of nitrogens with one attached hydrogen (secondary N) is 1. The first kappa shape index (κ1) is 21.4. The minimum Gasteiger partial charge on any atom is -0.351 e. The number of thiocarbonyl (C=S) groups is 1. The minimum atomic E-state index is -0.0496. The highest BCUT2D eigenvalue weighted by Crippen LogP contribution is 2.43. The zero-order valence-corrected chi connectivity index (χ0v) is 20.2. The molecule has 2 atom stereocenters. The van der Waals surface area contributed by atoms with Crippen molar-refractivity contribution < 1.29 is 0 Å². The average Bonchev–Trinajstić information content (AvgIpc) is 3.32. The first-order chi connectivity index (χ1) is 16.0. The van der Waals surface area contributed by atoms with Gasteiger partial charge in [-0.3, -0.25) is 4.98 Å². The van der Waals surface area contributed by atoms with Gasteiger partial charge in [0.1, 0.15) is 0 Å². The van der Waals surface area contributed by atoms with Gasteiger partial charge >= 0.3 is 0 Å². The lowest BCUT2D eigenvalue weighted by atomic mass is 9.96. The van der Waals surface area contributed by atoms with Gasteiger partial charge in [-0.05, 0) is 93.0 Å². The second-order valence-corrected chi connectivity index (χ2v) is 9.10. The SMILES string of the molecule is Cc1cccc(-n2c(C)cc([C@@H]3[C@H](c4ccccn4)NC(=S)N3c3ccccc3)c2C)c1C. The van der Waals surface area contributed by atoms with Gasteiger partial charge in [0, 0.05) is 29.0 Å². The molecule has 0 aliphatic carbocycles. The number of benzene rings is 2. The van der Waals surface area contributed by atoms with E-state index in [-0.39, 0.29) is 12.1 Å². The molecule has 0 bridgehead atoms. The van der Waals surface area contributed by atoms with Crippen LogP contribution in [0.5, 0.6) is 0 Å². The molecule has 33 heavy (non-hydrogen) atoms. The van der Waals surface area contributed by atoms with Gasteiger partial charge in [-0.1, -0.05) is 36.4 Å². The molecule has 1 aliphatic heterocycles. The Morgan fingerprint density at radius 3 is 2.36 bits per heavy atom. The molecule has 166 valence electrons. The number of pyridine rings is 1. The number of hydrogen-bond acceptors (Lipinski definition) is 2. The van der Waals surface area contributed by atoms with Crippen molar-refractivity contribution >= 4 is 23.0 Å². The Labute approximate surface area is 200 Å². The summed E-state index contributed by atoms with van der Waals surface area (Å²) in [5.41, 5.74) is 9.57. The molecule has 1 aliphatic rings. The fraction of sp³-hybridized carbons (Fsp3) is 0.214. The molecule has 0 amide bonds. The van der Waals surface area contributed by atoms with Crippen LogP contribution in [0.15, 0.2) is 79.0 Å². The van der Waals surface area contributed by atoms with Crippen LogP contribution < -0.4 is 10.2 Å². The molecule has 2 aromatic heterocycles. The number of para-hydroxylation sites is 1. The van der Waals surface area contributed by atoms with Crippen molar-refractivity contribution in [3.63, 3.8) is 0 Å². The number of rotatable bonds is 4. The molecular weight excluding hydrogens is 424 g/mol. The number of anilines is 1. The van der Waals surface area contributed by atoms with Crippen LogP contribution in [0.1, 0.15) is 45.9 Å². The van der Waals surface area contributed by atoms with Gasteiger partial charge in [0.25, 0.3) is 0 Å². The van der Waals surface area contributed by atoms with Crippen molar-refractivity contribution in [2.45, 2.75) is 39.8 Å². The van der Waals surface area contributed by atoms with Crippen LogP contribution in [-0.4, -0.2) is 14.7 Å². The Bertz CT molecular complexity index is 1310. The summed E-state index contributed by atoms with van der Waals surface area (Å²) < 4.78 is 2.37. The fourth-order valence-corrected chi connectivity index (χ4v) is 5.32. The van der Waals surface area contributed by atoms with E-state index >= 15 is 0 Å². The van der Waals surface area contributed by atoms with E-state index in [9.17, 15) is 0 Å². The highest BCUT2D eigenvalue weighted by Gasteiger charge is 2.42. The van der Waals surface area contributed by atoms with Crippen molar-refractivity contribution in [3.8, 4) is 5.69 Å². The zero-order valence-electron chi connectivity index (χ0n) is 19.4. The van der Waals surface area contributed by atoms with Crippen molar-refractivity contribution in [1.29, 1.82) is 0 Å². The van der Waals surface area contributed by atoms with E-state index in [2.05, 4.69) is 102 Å². The standard InChI is InChI=1S/C28H28N4S/c1-18-11-10-15-25(20(18)3)31-19(2)17-23(21(31)4)27-26(24-14-8-9-16-29-24)30-28(33)32(27)22-12-6-5-7-13-22/h5-17,26-27H,1-4H3,(H,30,33)/t26-,27+/m0/s1. The number of nitrogens with zero attached hydrogens (tertiary/aromatic N) is 3. The third-order valence-corrected chi connectivity index (χ3v) is 7.05. The van der Waals surface area contributed by atoms with Gasteiger partial charge in [0.2, 0.25) is 0 Å². The third kappa shape index (κ3) is 3.62. The minimum absolute atomic E-state index is 0.0140. The number of aromatic nitrogens is 2. The van der Waals surface area contributed by atoms with E-state index in [1.165, 1.54) is 33.8 Å². The summed E-state index contributed by atoms with van der Waals surface area (Å²) in [6.45, 7) is 8.76. The second-order valence-electron chi connectivity index (χ2n) is 8.71. The van der Waals surface area contributed by atoms with Crippen LogP contribution in [0.2, 0.25) is 0 Å². The molecule has 4 aromatic rings. The zero-order chi connectivity index (χ0) is 23.1. The maximum absolute atomic E-state index is 5.87. The smallest absolute Gasteiger partial charge is 0.174 e. The van der Waals surface area contributed by atoms with Crippen molar-refractivity contribution in [1.82, 2.24) is 14.9 Å². The summed E-state index contributed by atoms with van der Waals surface area (Å²) >= 11 is 5.87. The predicted molar refractivity (Wildman–Crippen MR) is 139 cm³/mol. The van der Waals surface area contributed by atoms with E-state index in [0.717, 1.165) is 16.5 Å². The summed E-state index contributed by atoms with van der Waals surface area (Å²) in [5.74, 6) is 0. The normalized spacial score (nSPS) is 17.9. The van der Waals surface area contributed by atoms with E-state index in [1.54, 1.807) is 0 Å². The van der Waals surface area contributed by atoms with Crippen LogP contribution in [0.25, 0.3) is 5.69 Å². The van der Waals surface area contributed by atoms with Gasteiger partial charge in [-0.15, -0.1) is 0 Å². The molecule has 0 unspecified atom stereocenters. The molecule has 2 aromatic carbocycles. The molecule has 3 heterocycles. The Hall–Kier alpha value is -3.44. The van der Waals surface area contributed by atoms with Gasteiger partial charge in [0.05, 0.1) is 17.8 Å². The summed E-state index contributed by atoms with van der Waals surface area (Å²) in [5, 5.41) is 4.29. The summed E-state index contributed by atoms with van der Waals surface area (Å²) in [6, 6.07) is 25.2. The van der Waals surface area contributed by atoms with Crippen LogP contribution in [0.4, 0.5) is 5.69 Å². The van der Waals surface area contributed by atoms with Gasteiger partial charge < -0.3 is 14.8 Å². The molecule has 1 saturated heterocycles. The lowest BCUT2D eigenvalue weighted by molar-refractivity contribution is 0.565. The van der Waals surface area contributed by atoms with Crippen molar-refractivity contribution in [2.75, 3.05) is 4.90 Å². The average molecular weight is 453 g/mol. The Morgan fingerprint density at radius 2 is 1.64 bits per heavy atom. The second kappa shape index (κ2) is 8.49. The highest BCUT2D eigenvalue weighted by molar-refractivity contribution is 7.80. The molecule has 0 radical (unpaired) electrons. The van der Waals surface area contributed by atoms with Crippen LogP contribution >= 0.6 is 12.2 Å². The maximum atomic E-state index is 5.87. The molecule has 1 fully saturated rings. The number of hydrogen-bond donors (Lipinski definition) is 1. The predicted octanol–water partition coefficient (Wildman–Crippen LogP) is 6.28. The summed E-state index contributed by atoms with van der Waals surface area (Å²) in [7, 11) is 0. The summed E-state index contributed by atoms with van der Waals surface area (Å²) in [6.07, 6.45) is 1.85. The first-order valence-corrected chi connectivity index (χ1v) is 11.7. The lowest BCUT2D eigenvalue weighted by Gasteiger charge is -2.28. The Kier molecular flexibility index (Phi) is 5.51. The molecule has 4 nitrogen and oxygen atoms in total. The van der Waals surface area contributed by atoms with Crippen molar-refractivity contribution in [3.05, 3.63) is 113 Å². The monoisotopic (exact) mass is 452 g/mol. The molecule has 1 N–H and O–H groups in total. The topological polar surface area (TPSA) is 33.1 Å². The first-order valence-electron chi connectivity index (χ1n) is 11.3. The van der Waals surface area contributed by atoms with Gasteiger partial charge in [-0.25, -0.2) is 0 Å². The van der Waals surface area contributed by atoms with Crippen molar-refractivity contribution in [2.24, 2.45) is 0 Å². The third-order valence-electron chi connectivity index (χ3n) is 6.74. The molecule has 5 rings (SSSR count). The number of aryl methyl sites for hydroxylation is 2. The van der Waals surface area contributed by atoms with E-state index in [4.69, 9.17) is 12.2 Å². The Balaban J connectivity index is 1.70. The van der Waals surface area contributed by atoms with E-state index < -0.39 is 0 Å². The lowest BCUT2D eigenvalue weighted by Crippen LogP contribution is -2.29. The molecule has 0 saturated carbocycles. The largest absolute Gasteiger partial charge is 0.351 e. The van der Waals surface area contributed by atoms with Crippen LogP contribution in [-0.2, 0) is 0 Å². The Morgan fingerprint density at radius 1 is 0.879 bits per heavy atom. The molecule has 5 heteroatoms. The molecular formula is C28H28N4S. The molecule has 0 spiro atoms.